The van der Waals surface area contributed by atoms with E-state index >= 15 is 0 Å². The summed E-state index contributed by atoms with van der Waals surface area (Å²) in [6, 6.07) is 21.4. The van der Waals surface area contributed by atoms with Crippen LogP contribution in [0.5, 0.6) is 0 Å². The van der Waals surface area contributed by atoms with Crippen molar-refractivity contribution in [2.75, 3.05) is 26.2 Å². The lowest BCUT2D eigenvalue weighted by Crippen LogP contribution is -2.48. The summed E-state index contributed by atoms with van der Waals surface area (Å²) in [5.41, 5.74) is 9.31. The first-order valence-electron chi connectivity index (χ1n) is 12.2. The number of imidazole rings is 1. The number of benzene rings is 2. The van der Waals surface area contributed by atoms with E-state index in [9.17, 15) is 4.79 Å². The van der Waals surface area contributed by atoms with Crippen molar-refractivity contribution in [1.29, 1.82) is 0 Å². The van der Waals surface area contributed by atoms with E-state index in [4.69, 9.17) is 4.98 Å². The highest BCUT2D eigenvalue weighted by molar-refractivity contribution is 5.76. The van der Waals surface area contributed by atoms with Crippen molar-refractivity contribution >= 4 is 11.6 Å². The summed E-state index contributed by atoms with van der Waals surface area (Å²) in [6.07, 6.45) is 2.81. The number of aromatic nitrogens is 2. The molecule has 0 N–H and O–H groups in total. The van der Waals surface area contributed by atoms with Crippen LogP contribution in [0.1, 0.15) is 30.2 Å². The minimum Gasteiger partial charge on any atom is -0.340 e. The molecule has 5 nitrogen and oxygen atoms in total. The molecule has 3 heterocycles. The number of carbonyl (C=O) groups excluding carboxylic acids is 1. The fourth-order valence-electron chi connectivity index (χ4n) is 4.87. The monoisotopic (exact) mass is 452 g/mol. The van der Waals surface area contributed by atoms with Gasteiger partial charge in [-0.1, -0.05) is 61.0 Å². The molecule has 174 valence electrons. The number of nitrogens with zero attached hydrogens (tertiary/aromatic N) is 4. The van der Waals surface area contributed by atoms with E-state index in [2.05, 4.69) is 83.9 Å². The molecule has 0 radical (unpaired) electrons. The lowest BCUT2D eigenvalue weighted by Gasteiger charge is -2.34. The van der Waals surface area contributed by atoms with Crippen LogP contribution in [0.15, 0.2) is 66.9 Å². The van der Waals surface area contributed by atoms with Crippen LogP contribution >= 0.6 is 0 Å². The molecule has 0 bridgehead atoms. The van der Waals surface area contributed by atoms with Crippen LogP contribution in [0.25, 0.3) is 28.0 Å². The topological polar surface area (TPSA) is 40.9 Å². The van der Waals surface area contributed by atoms with Crippen molar-refractivity contribution in [3.63, 3.8) is 0 Å². The second kappa shape index (κ2) is 9.43. The third-order valence-corrected chi connectivity index (χ3v) is 6.87. The Bertz CT molecular complexity index is 1320. The molecule has 5 heteroatoms. The molecule has 1 saturated heterocycles. The van der Waals surface area contributed by atoms with Crippen LogP contribution in [-0.2, 0) is 11.3 Å². The Hall–Kier alpha value is -3.44. The van der Waals surface area contributed by atoms with E-state index in [-0.39, 0.29) is 5.91 Å². The number of hydrogen-bond donors (Lipinski definition) is 0. The van der Waals surface area contributed by atoms with Gasteiger partial charge >= 0.3 is 0 Å². The Kier molecular flexibility index (Phi) is 6.20. The molecular formula is C29H32N4O. The highest BCUT2D eigenvalue weighted by Gasteiger charge is 2.23. The fourth-order valence-corrected chi connectivity index (χ4v) is 4.87. The maximum absolute atomic E-state index is 12.1. The van der Waals surface area contributed by atoms with Crippen LogP contribution in [0.4, 0.5) is 0 Å². The van der Waals surface area contributed by atoms with Crippen LogP contribution in [0.3, 0.4) is 0 Å². The highest BCUT2D eigenvalue weighted by atomic mass is 16.2. The van der Waals surface area contributed by atoms with Crippen LogP contribution in [0, 0.1) is 13.8 Å². The van der Waals surface area contributed by atoms with Gasteiger partial charge in [0.25, 0.3) is 0 Å². The minimum absolute atomic E-state index is 0.248. The average Bonchev–Trinajstić information content (AvgIpc) is 3.23. The number of fused-ring (bicyclic) bond motifs is 1. The highest BCUT2D eigenvalue weighted by Crippen LogP contribution is 2.30. The van der Waals surface area contributed by atoms with E-state index in [1.165, 1.54) is 27.9 Å². The molecule has 4 aromatic rings. The predicted octanol–water partition coefficient (Wildman–Crippen LogP) is 5.34. The molecule has 2 aromatic heterocycles. The summed E-state index contributed by atoms with van der Waals surface area (Å²) in [5, 5.41) is 0. The molecular weight excluding hydrogens is 420 g/mol. The molecule has 2 aromatic carbocycles. The predicted molar refractivity (Wildman–Crippen MR) is 138 cm³/mol. The van der Waals surface area contributed by atoms with Gasteiger partial charge in [-0.05, 0) is 42.7 Å². The van der Waals surface area contributed by atoms with E-state index in [1.54, 1.807) is 0 Å². The smallest absolute Gasteiger partial charge is 0.222 e. The fraction of sp³-hybridized carbons (Fsp3) is 0.310. The lowest BCUT2D eigenvalue weighted by atomic mass is 10.00. The first-order chi connectivity index (χ1) is 16.5. The first kappa shape index (κ1) is 22.4. The average molecular weight is 453 g/mol. The number of amides is 1. The standard InChI is InChI=1S/C29H32N4O/c1-4-28(34)32-16-14-31(15-17-32)20-26-29(23-8-6-5-7-9-23)30-27-13-12-24(19-33(26)27)25-18-21(2)10-11-22(25)3/h5-13,18-19H,4,14-17,20H2,1-3H3. The van der Waals surface area contributed by atoms with Crippen molar-refractivity contribution in [1.82, 2.24) is 19.2 Å². The molecule has 34 heavy (non-hydrogen) atoms. The zero-order chi connectivity index (χ0) is 23.7. The quantitative estimate of drug-likeness (QED) is 0.410. The van der Waals surface area contributed by atoms with Gasteiger partial charge in [-0.3, -0.25) is 9.69 Å². The summed E-state index contributed by atoms with van der Waals surface area (Å²) in [5.74, 6) is 0.248. The summed E-state index contributed by atoms with van der Waals surface area (Å²) < 4.78 is 2.27. The molecule has 1 amide bonds. The van der Waals surface area contributed by atoms with Crippen LogP contribution in [0.2, 0.25) is 0 Å². The number of piperazine rings is 1. The van der Waals surface area contributed by atoms with Gasteiger partial charge in [0.05, 0.1) is 11.4 Å². The summed E-state index contributed by atoms with van der Waals surface area (Å²) in [7, 11) is 0. The van der Waals surface area contributed by atoms with Gasteiger partial charge in [0.2, 0.25) is 5.91 Å². The number of rotatable bonds is 5. The van der Waals surface area contributed by atoms with E-state index in [0.29, 0.717) is 6.42 Å². The van der Waals surface area contributed by atoms with Gasteiger partial charge in [-0.15, -0.1) is 0 Å². The molecule has 0 spiro atoms. The summed E-state index contributed by atoms with van der Waals surface area (Å²) in [6.45, 7) is 10.4. The Morgan fingerprint density at radius 1 is 0.912 bits per heavy atom. The van der Waals surface area contributed by atoms with E-state index < -0.39 is 0 Å². The first-order valence-corrected chi connectivity index (χ1v) is 12.2. The van der Waals surface area contributed by atoms with Gasteiger partial charge in [-0.25, -0.2) is 4.98 Å². The zero-order valence-electron chi connectivity index (χ0n) is 20.3. The molecule has 0 aliphatic carbocycles. The molecule has 0 saturated carbocycles. The van der Waals surface area contributed by atoms with Crippen LogP contribution in [-0.4, -0.2) is 51.3 Å². The molecule has 1 aliphatic heterocycles. The molecule has 0 atom stereocenters. The third-order valence-electron chi connectivity index (χ3n) is 6.87. The van der Waals surface area contributed by atoms with Crippen molar-refractivity contribution in [2.45, 2.75) is 33.7 Å². The van der Waals surface area contributed by atoms with E-state index in [0.717, 1.165) is 49.6 Å². The Labute approximate surface area is 201 Å². The summed E-state index contributed by atoms with van der Waals surface area (Å²) >= 11 is 0. The molecule has 1 aliphatic rings. The number of hydrogen-bond acceptors (Lipinski definition) is 3. The van der Waals surface area contributed by atoms with Gasteiger partial charge in [0.15, 0.2) is 0 Å². The van der Waals surface area contributed by atoms with Crippen molar-refractivity contribution in [3.05, 3.63) is 83.7 Å². The summed E-state index contributed by atoms with van der Waals surface area (Å²) in [4.78, 5) is 21.6. The Balaban J connectivity index is 1.55. The van der Waals surface area contributed by atoms with Crippen LogP contribution < -0.4 is 0 Å². The SMILES string of the molecule is CCC(=O)N1CCN(Cc2c(-c3ccccc3)nc3ccc(-c4cc(C)ccc4C)cn23)CC1. The largest absolute Gasteiger partial charge is 0.340 e. The minimum atomic E-state index is 0.248. The number of pyridine rings is 1. The van der Waals surface area contributed by atoms with Crippen molar-refractivity contribution in [2.24, 2.45) is 0 Å². The zero-order valence-corrected chi connectivity index (χ0v) is 20.3. The molecule has 5 rings (SSSR count). The van der Waals surface area contributed by atoms with Crippen molar-refractivity contribution in [3.8, 4) is 22.4 Å². The second-order valence-electron chi connectivity index (χ2n) is 9.25. The Morgan fingerprint density at radius 2 is 1.68 bits per heavy atom. The van der Waals surface area contributed by atoms with Crippen molar-refractivity contribution < 1.29 is 4.79 Å². The Morgan fingerprint density at radius 3 is 2.41 bits per heavy atom. The number of aryl methyl sites for hydroxylation is 2. The van der Waals surface area contributed by atoms with Gasteiger partial charge < -0.3 is 9.30 Å². The van der Waals surface area contributed by atoms with Gasteiger partial charge in [0.1, 0.15) is 5.65 Å². The maximum atomic E-state index is 12.1. The molecule has 1 fully saturated rings. The van der Waals surface area contributed by atoms with Gasteiger partial charge in [-0.2, -0.15) is 0 Å². The van der Waals surface area contributed by atoms with Gasteiger partial charge in [0, 0.05) is 50.9 Å². The second-order valence-corrected chi connectivity index (χ2v) is 9.25. The lowest BCUT2D eigenvalue weighted by molar-refractivity contribution is -0.132. The third kappa shape index (κ3) is 4.36. The number of carbonyl (C=O) groups is 1. The normalized spacial score (nSPS) is 14.6. The maximum Gasteiger partial charge on any atom is 0.222 e. The molecule has 0 unspecified atom stereocenters. The van der Waals surface area contributed by atoms with E-state index in [1.807, 2.05) is 17.9 Å².